The summed E-state index contributed by atoms with van der Waals surface area (Å²) in [7, 11) is 0. The van der Waals surface area contributed by atoms with Gasteiger partial charge in [-0.1, -0.05) is 25.1 Å². The highest BCUT2D eigenvalue weighted by atomic mass is 16.4. The van der Waals surface area contributed by atoms with Gasteiger partial charge in [0.15, 0.2) is 0 Å². The highest BCUT2D eigenvalue weighted by Gasteiger charge is 2.12. The largest absolute Gasteiger partial charge is 0.481 e. The van der Waals surface area contributed by atoms with Crippen LogP contribution < -0.4 is 5.32 Å². The fourth-order valence-electron chi connectivity index (χ4n) is 2.12. The smallest absolute Gasteiger partial charge is 0.306 e. The molecule has 1 heterocycles. The third-order valence-electron chi connectivity index (χ3n) is 3.40. The first-order valence-electron chi connectivity index (χ1n) is 6.94. The Morgan fingerprint density at radius 1 is 1.29 bits per heavy atom. The molecule has 21 heavy (non-hydrogen) atoms. The van der Waals surface area contributed by atoms with Gasteiger partial charge in [-0.3, -0.25) is 14.6 Å². The van der Waals surface area contributed by atoms with E-state index in [1.807, 2.05) is 24.3 Å². The molecule has 0 aliphatic heterocycles. The SMILES string of the molecule is CC(CCCNC(=O)c1cccc2cccnc12)C(=O)O. The van der Waals surface area contributed by atoms with Crippen LogP contribution in [0.1, 0.15) is 30.1 Å². The molecular weight excluding hydrogens is 268 g/mol. The number of carboxylic acids is 1. The van der Waals surface area contributed by atoms with Crippen molar-refractivity contribution < 1.29 is 14.7 Å². The minimum absolute atomic E-state index is 0.178. The third kappa shape index (κ3) is 3.78. The Labute approximate surface area is 123 Å². The molecule has 0 saturated carbocycles. The van der Waals surface area contributed by atoms with Crippen molar-refractivity contribution in [1.82, 2.24) is 10.3 Å². The molecule has 2 aromatic rings. The predicted molar refractivity (Wildman–Crippen MR) is 80.1 cm³/mol. The highest BCUT2D eigenvalue weighted by molar-refractivity contribution is 6.05. The van der Waals surface area contributed by atoms with Crippen LogP contribution in [0.25, 0.3) is 10.9 Å². The summed E-state index contributed by atoms with van der Waals surface area (Å²) in [6.07, 6.45) is 2.84. The number of nitrogens with one attached hydrogen (secondary N) is 1. The fourth-order valence-corrected chi connectivity index (χ4v) is 2.12. The first kappa shape index (κ1) is 15.0. The lowest BCUT2D eigenvalue weighted by atomic mass is 10.1. The summed E-state index contributed by atoms with van der Waals surface area (Å²) in [4.78, 5) is 27.1. The van der Waals surface area contributed by atoms with Crippen molar-refractivity contribution >= 4 is 22.8 Å². The molecule has 5 nitrogen and oxygen atoms in total. The Hall–Kier alpha value is -2.43. The van der Waals surface area contributed by atoms with Gasteiger partial charge in [0.05, 0.1) is 17.0 Å². The van der Waals surface area contributed by atoms with E-state index in [9.17, 15) is 9.59 Å². The van der Waals surface area contributed by atoms with Crippen LogP contribution in [0.5, 0.6) is 0 Å². The minimum Gasteiger partial charge on any atom is -0.481 e. The van der Waals surface area contributed by atoms with Crippen LogP contribution in [0.2, 0.25) is 0 Å². The number of hydrogen-bond donors (Lipinski definition) is 2. The van der Waals surface area contributed by atoms with Gasteiger partial charge in [-0.15, -0.1) is 0 Å². The predicted octanol–water partition coefficient (Wildman–Crippen LogP) is 2.47. The van der Waals surface area contributed by atoms with Crippen LogP contribution in [-0.4, -0.2) is 28.5 Å². The van der Waals surface area contributed by atoms with Crippen molar-refractivity contribution in [2.24, 2.45) is 5.92 Å². The van der Waals surface area contributed by atoms with E-state index in [-0.39, 0.29) is 11.8 Å². The van der Waals surface area contributed by atoms with Gasteiger partial charge in [-0.05, 0) is 25.0 Å². The lowest BCUT2D eigenvalue weighted by molar-refractivity contribution is -0.141. The average molecular weight is 286 g/mol. The first-order chi connectivity index (χ1) is 10.1. The molecule has 0 radical (unpaired) electrons. The van der Waals surface area contributed by atoms with E-state index < -0.39 is 5.97 Å². The van der Waals surface area contributed by atoms with E-state index >= 15 is 0 Å². The van der Waals surface area contributed by atoms with Gasteiger partial charge in [0.25, 0.3) is 5.91 Å². The molecule has 1 unspecified atom stereocenters. The summed E-state index contributed by atoms with van der Waals surface area (Å²) in [5.41, 5.74) is 1.22. The maximum atomic E-state index is 12.2. The molecule has 2 N–H and O–H groups in total. The third-order valence-corrected chi connectivity index (χ3v) is 3.40. The lowest BCUT2D eigenvalue weighted by Gasteiger charge is -2.08. The molecule has 0 aliphatic rings. The Bertz CT molecular complexity index is 650. The van der Waals surface area contributed by atoms with Crippen LogP contribution in [-0.2, 0) is 4.79 Å². The second-order valence-corrected chi connectivity index (χ2v) is 5.02. The normalized spacial score (nSPS) is 12.0. The fraction of sp³-hybridized carbons (Fsp3) is 0.312. The summed E-state index contributed by atoms with van der Waals surface area (Å²) >= 11 is 0. The summed E-state index contributed by atoms with van der Waals surface area (Å²) < 4.78 is 0. The van der Waals surface area contributed by atoms with E-state index in [4.69, 9.17) is 5.11 Å². The highest BCUT2D eigenvalue weighted by Crippen LogP contribution is 2.15. The zero-order valence-corrected chi connectivity index (χ0v) is 11.9. The van der Waals surface area contributed by atoms with E-state index in [1.165, 1.54) is 0 Å². The molecule has 0 saturated heterocycles. The number of aromatic nitrogens is 1. The van der Waals surface area contributed by atoms with Gasteiger partial charge in [-0.2, -0.15) is 0 Å². The van der Waals surface area contributed by atoms with Gasteiger partial charge >= 0.3 is 5.97 Å². The molecule has 0 bridgehead atoms. The van der Waals surface area contributed by atoms with Crippen LogP contribution in [0.3, 0.4) is 0 Å². The van der Waals surface area contributed by atoms with Crippen molar-refractivity contribution in [3.8, 4) is 0 Å². The van der Waals surface area contributed by atoms with Crippen LogP contribution in [0.15, 0.2) is 36.5 Å². The number of carbonyl (C=O) groups excluding carboxylic acids is 1. The molecular formula is C16H18N2O3. The zero-order chi connectivity index (χ0) is 15.2. The number of benzene rings is 1. The number of fused-ring (bicyclic) bond motifs is 1. The molecule has 0 aliphatic carbocycles. The Kier molecular flexibility index (Phi) is 4.87. The molecule has 110 valence electrons. The monoisotopic (exact) mass is 286 g/mol. The van der Waals surface area contributed by atoms with Gasteiger partial charge in [0.1, 0.15) is 0 Å². The molecule has 0 fully saturated rings. The summed E-state index contributed by atoms with van der Waals surface area (Å²) in [6.45, 7) is 2.12. The van der Waals surface area contributed by atoms with E-state index in [0.29, 0.717) is 30.5 Å². The molecule has 1 atom stereocenters. The van der Waals surface area contributed by atoms with Crippen LogP contribution >= 0.6 is 0 Å². The van der Waals surface area contributed by atoms with Crippen LogP contribution in [0, 0.1) is 5.92 Å². The number of carboxylic acid groups (broad SMARTS) is 1. The van der Waals surface area contributed by atoms with Crippen molar-refractivity contribution in [2.45, 2.75) is 19.8 Å². The molecule has 1 amide bonds. The molecule has 5 heteroatoms. The standard InChI is InChI=1S/C16H18N2O3/c1-11(16(20)21)5-3-10-18-15(19)13-8-2-6-12-7-4-9-17-14(12)13/h2,4,6-9,11H,3,5,10H2,1H3,(H,18,19)(H,20,21). The number of hydrogen-bond acceptors (Lipinski definition) is 3. The van der Waals surface area contributed by atoms with Crippen LogP contribution in [0.4, 0.5) is 0 Å². The Balaban J connectivity index is 1.95. The molecule has 0 spiro atoms. The topological polar surface area (TPSA) is 79.3 Å². The summed E-state index contributed by atoms with van der Waals surface area (Å²) in [5, 5.41) is 12.5. The minimum atomic E-state index is -0.806. The number of rotatable bonds is 6. The number of pyridine rings is 1. The van der Waals surface area contributed by atoms with E-state index in [2.05, 4.69) is 10.3 Å². The van der Waals surface area contributed by atoms with Crippen molar-refractivity contribution in [1.29, 1.82) is 0 Å². The molecule has 1 aromatic carbocycles. The number of para-hydroxylation sites is 1. The van der Waals surface area contributed by atoms with Crippen molar-refractivity contribution in [3.05, 3.63) is 42.1 Å². The number of carbonyl (C=O) groups is 2. The van der Waals surface area contributed by atoms with E-state index in [1.54, 1.807) is 19.2 Å². The number of aliphatic carboxylic acids is 1. The Morgan fingerprint density at radius 3 is 2.81 bits per heavy atom. The second-order valence-electron chi connectivity index (χ2n) is 5.02. The van der Waals surface area contributed by atoms with Gasteiger partial charge < -0.3 is 10.4 Å². The van der Waals surface area contributed by atoms with Gasteiger partial charge in [-0.25, -0.2) is 0 Å². The van der Waals surface area contributed by atoms with Crippen molar-refractivity contribution in [3.63, 3.8) is 0 Å². The molecule has 1 aromatic heterocycles. The maximum absolute atomic E-state index is 12.2. The molecule has 2 rings (SSSR count). The maximum Gasteiger partial charge on any atom is 0.306 e. The van der Waals surface area contributed by atoms with E-state index in [0.717, 1.165) is 5.39 Å². The summed E-state index contributed by atoms with van der Waals surface area (Å²) in [5.74, 6) is -1.37. The second kappa shape index (κ2) is 6.83. The Morgan fingerprint density at radius 2 is 2.05 bits per heavy atom. The average Bonchev–Trinajstić information content (AvgIpc) is 2.50. The van der Waals surface area contributed by atoms with Gasteiger partial charge in [0, 0.05) is 18.1 Å². The lowest BCUT2D eigenvalue weighted by Crippen LogP contribution is -2.25. The number of amides is 1. The van der Waals surface area contributed by atoms with Crippen molar-refractivity contribution in [2.75, 3.05) is 6.54 Å². The van der Waals surface area contributed by atoms with Gasteiger partial charge in [0.2, 0.25) is 0 Å². The first-order valence-corrected chi connectivity index (χ1v) is 6.94. The number of nitrogens with zero attached hydrogens (tertiary/aromatic N) is 1. The summed E-state index contributed by atoms with van der Waals surface area (Å²) in [6, 6.07) is 9.22. The zero-order valence-electron chi connectivity index (χ0n) is 11.9. The quantitative estimate of drug-likeness (QED) is 0.799.